The third-order valence-corrected chi connectivity index (χ3v) is 20.6. The van der Waals surface area contributed by atoms with Gasteiger partial charge in [-0.05, 0) is 111 Å². The molecule has 3 unspecified atom stereocenters. The second-order valence-corrected chi connectivity index (χ2v) is 22.0. The molecule has 1 aliphatic carbocycles. The van der Waals surface area contributed by atoms with Gasteiger partial charge in [0.2, 0.25) is 0 Å². The first-order valence-corrected chi connectivity index (χ1v) is 22.2. The highest BCUT2D eigenvalue weighted by Crippen LogP contribution is 2.99. The second-order valence-electron chi connectivity index (χ2n) is 16.4. The summed E-state index contributed by atoms with van der Waals surface area (Å²) in [7, 11) is -2.54. The molecule has 3 rings (SSSR count). The van der Waals surface area contributed by atoms with Crippen LogP contribution in [-0.4, -0.2) is 130 Å². The minimum atomic E-state index is -3.79. The van der Waals surface area contributed by atoms with E-state index in [0.29, 0.717) is 0 Å². The van der Waals surface area contributed by atoms with E-state index in [2.05, 4.69) is 18.7 Å². The fourth-order valence-electron chi connectivity index (χ4n) is 10.1. The van der Waals surface area contributed by atoms with Gasteiger partial charge in [-0.3, -0.25) is 0 Å². The molecule has 0 aromatic carbocycles. The van der Waals surface area contributed by atoms with E-state index in [9.17, 15) is 9.59 Å². The SMILES string of the molecule is COC(=O)C1=C(C(=O)OC)P(N(C(C)C)C(C)C)(N(C(C)C)C(C)C)=NC2=N[P+](N(C(C)C)C(C)C)(N(C(C)C)C(C)C)C3(C(=O)OC)C([O-])(OC)C213. The highest BCUT2D eigenvalue weighted by atomic mass is 31.2. The molecule has 0 radical (unpaired) electrons. The van der Waals surface area contributed by atoms with Crippen molar-refractivity contribution in [3.8, 4) is 0 Å². The highest BCUT2D eigenvalue weighted by Gasteiger charge is 3.08. The van der Waals surface area contributed by atoms with Gasteiger partial charge in [0.25, 0.3) is 12.9 Å². The van der Waals surface area contributed by atoms with Crippen LogP contribution in [0.15, 0.2) is 20.4 Å². The summed E-state index contributed by atoms with van der Waals surface area (Å²) in [5.41, 5.74) is -2.53. The van der Waals surface area contributed by atoms with E-state index in [1.807, 2.05) is 111 Å². The van der Waals surface area contributed by atoms with Crippen molar-refractivity contribution in [3.05, 3.63) is 10.9 Å². The number of amidine groups is 1. The number of rotatable bonds is 16. The van der Waals surface area contributed by atoms with Crippen LogP contribution in [0, 0.1) is 5.41 Å². The molecular weight excluding hydrogens is 718 g/mol. The Morgan fingerprint density at radius 2 is 1.00 bits per heavy atom. The lowest BCUT2D eigenvalue weighted by atomic mass is 9.89. The third kappa shape index (κ3) is 5.70. The van der Waals surface area contributed by atoms with E-state index in [0.717, 1.165) is 0 Å². The Kier molecular flexibility index (Phi) is 13.5. The zero-order valence-corrected chi connectivity index (χ0v) is 37.8. The number of esters is 3. The normalized spacial score (nSPS) is 26.2. The largest absolute Gasteiger partial charge is 0.824 e. The molecule has 53 heavy (non-hydrogen) atoms. The zero-order chi connectivity index (χ0) is 41.1. The second kappa shape index (κ2) is 15.6. The Morgan fingerprint density at radius 3 is 1.28 bits per heavy atom. The molecule has 2 aliphatic heterocycles. The van der Waals surface area contributed by atoms with Gasteiger partial charge in [0, 0.05) is 55.4 Å². The predicted octanol–water partition coefficient (Wildman–Crippen LogP) is 5.90. The molecule has 2 heterocycles. The van der Waals surface area contributed by atoms with E-state index in [1.165, 1.54) is 28.4 Å². The average molecular weight is 787 g/mol. The topological polar surface area (TPSA) is 149 Å². The Hall–Kier alpha value is -1.76. The first kappa shape index (κ1) is 45.6. The number of ether oxygens (including phenoxy) is 4. The first-order valence-electron chi connectivity index (χ1n) is 18.9. The van der Waals surface area contributed by atoms with Crippen LogP contribution < -0.4 is 5.11 Å². The number of carbonyl (C=O) groups is 3. The lowest BCUT2D eigenvalue weighted by molar-refractivity contribution is -0.518. The van der Waals surface area contributed by atoms with Gasteiger partial charge in [0.15, 0.2) is 5.84 Å². The van der Waals surface area contributed by atoms with Gasteiger partial charge in [-0.15, -0.1) is 9.34 Å². The van der Waals surface area contributed by atoms with Crippen molar-refractivity contribution >= 4 is 38.8 Å². The van der Waals surface area contributed by atoms with Gasteiger partial charge in [-0.2, -0.15) is 0 Å². The Bertz CT molecular complexity index is 1480. The summed E-state index contributed by atoms with van der Waals surface area (Å²) >= 11 is 0. The molecule has 0 N–H and O–H groups in total. The van der Waals surface area contributed by atoms with Gasteiger partial charge >= 0.3 is 17.9 Å². The maximum Gasteiger partial charge on any atom is 0.358 e. The van der Waals surface area contributed by atoms with Crippen molar-refractivity contribution in [2.75, 3.05) is 28.4 Å². The lowest BCUT2D eigenvalue weighted by Crippen LogP contribution is -2.58. The first-order chi connectivity index (χ1) is 24.4. The van der Waals surface area contributed by atoms with E-state index in [4.69, 9.17) is 28.5 Å². The van der Waals surface area contributed by atoms with Crippen LogP contribution in [0.25, 0.3) is 0 Å². The van der Waals surface area contributed by atoms with E-state index < -0.39 is 49.3 Å². The lowest BCUT2D eigenvalue weighted by Gasteiger charge is -2.53. The van der Waals surface area contributed by atoms with Crippen molar-refractivity contribution in [3.63, 3.8) is 0 Å². The van der Waals surface area contributed by atoms with Gasteiger partial charge in [0.05, 0.1) is 32.7 Å². The van der Waals surface area contributed by atoms with Crippen LogP contribution >= 0.6 is 15.1 Å². The number of carbonyl (C=O) groups excluding carboxylic acids is 3. The number of methoxy groups -OCH3 is 4. The number of hydrogen-bond donors (Lipinski definition) is 0. The van der Waals surface area contributed by atoms with Crippen LogP contribution in [0.2, 0.25) is 0 Å². The molecule has 16 heteroatoms. The highest BCUT2D eigenvalue weighted by molar-refractivity contribution is 7.74. The van der Waals surface area contributed by atoms with Crippen LogP contribution in [0.1, 0.15) is 111 Å². The summed E-state index contributed by atoms with van der Waals surface area (Å²) in [4.78, 5) is 45.1. The molecule has 3 aliphatic rings. The molecule has 1 spiro atoms. The number of hydrogen-bond acceptors (Lipinski definition) is 14. The van der Waals surface area contributed by atoms with Gasteiger partial charge in [-0.1, -0.05) is 4.76 Å². The van der Waals surface area contributed by atoms with Crippen molar-refractivity contribution in [1.82, 2.24) is 18.7 Å². The summed E-state index contributed by atoms with van der Waals surface area (Å²) in [5.74, 6) is -5.40. The van der Waals surface area contributed by atoms with Gasteiger partial charge in [0.1, 0.15) is 18.1 Å². The molecule has 0 bridgehead atoms. The fourth-order valence-corrected chi connectivity index (χ4v) is 21.2. The summed E-state index contributed by atoms with van der Waals surface area (Å²) < 4.78 is 43.1. The Balaban J connectivity index is 3.10. The van der Waals surface area contributed by atoms with Crippen LogP contribution in [-0.2, 0) is 33.3 Å². The van der Waals surface area contributed by atoms with E-state index >= 15 is 9.90 Å². The fraction of sp³-hybridized carbons (Fsp3) is 0.838. The molecule has 14 nitrogen and oxygen atoms in total. The molecule has 0 aromatic heterocycles. The molecule has 0 saturated heterocycles. The molecule has 0 amide bonds. The number of nitrogens with zero attached hydrogens (tertiary/aromatic N) is 6. The standard InChI is InChI=1S/C37H68N6O8P2/c1-21(2)40(22(3)4)52(41(23(5)6)24(7)8)30(32(45)49-18)29(31(44)48-17)35-33(38-52)39-53(42(25(9)10)26(11)12,43(27(13)14)28(15)16)36(35,34(46)50-19)37(35,47)51-20/h21-28H,1-20H3. The molecular formula is C37H68N6O8P2. The average Bonchev–Trinajstić information content (AvgIpc) is 3.41. The Morgan fingerprint density at radius 1 is 0.623 bits per heavy atom. The van der Waals surface area contributed by atoms with Gasteiger partial charge < -0.3 is 24.1 Å². The Labute approximate surface area is 319 Å². The van der Waals surface area contributed by atoms with E-state index in [1.54, 1.807) is 0 Å². The summed E-state index contributed by atoms with van der Waals surface area (Å²) in [6.45, 7) is 32.2. The maximum absolute atomic E-state index is 16.4. The van der Waals surface area contributed by atoms with Crippen molar-refractivity contribution in [2.24, 2.45) is 14.9 Å². The van der Waals surface area contributed by atoms with Crippen molar-refractivity contribution < 1.29 is 38.4 Å². The zero-order valence-electron chi connectivity index (χ0n) is 36.0. The summed E-state index contributed by atoms with van der Waals surface area (Å²) in [5, 5.41) is 14.1. The summed E-state index contributed by atoms with van der Waals surface area (Å²) in [6.07, 6.45) is 0. The van der Waals surface area contributed by atoms with Crippen molar-refractivity contribution in [2.45, 2.75) is 170 Å². The molecule has 0 aromatic rings. The van der Waals surface area contributed by atoms with Crippen LogP contribution in [0.5, 0.6) is 0 Å². The summed E-state index contributed by atoms with van der Waals surface area (Å²) in [6, 6.07) is -1.94. The smallest absolute Gasteiger partial charge is 0.358 e. The maximum atomic E-state index is 16.4. The monoisotopic (exact) mass is 786 g/mol. The quantitative estimate of drug-likeness (QED) is 0.0795. The minimum Gasteiger partial charge on any atom is -0.824 e. The van der Waals surface area contributed by atoms with Crippen molar-refractivity contribution in [1.29, 1.82) is 0 Å². The van der Waals surface area contributed by atoms with Crippen LogP contribution in [0.4, 0.5) is 0 Å². The van der Waals surface area contributed by atoms with E-state index in [-0.39, 0.29) is 65.1 Å². The molecule has 1 fully saturated rings. The predicted molar refractivity (Wildman–Crippen MR) is 210 cm³/mol. The van der Waals surface area contributed by atoms with Gasteiger partial charge in [-0.25, -0.2) is 28.5 Å². The third-order valence-electron chi connectivity index (χ3n) is 10.7. The van der Waals surface area contributed by atoms with Crippen LogP contribution in [0.3, 0.4) is 0 Å². The minimum absolute atomic E-state index is 0.00432. The molecule has 3 atom stereocenters. The molecule has 1 saturated carbocycles. The molecule has 304 valence electrons.